The van der Waals surface area contributed by atoms with Crippen molar-refractivity contribution in [2.24, 2.45) is 35.2 Å². The van der Waals surface area contributed by atoms with Crippen molar-refractivity contribution in [3.8, 4) is 56.3 Å². The molecule has 126 heavy (non-hydrogen) atoms. The zero-order valence-electron chi connectivity index (χ0n) is 76.1. The van der Waals surface area contributed by atoms with E-state index in [1.807, 2.05) is 56.2 Å². The van der Waals surface area contributed by atoms with Gasteiger partial charge in [-0.2, -0.15) is 0 Å². The summed E-state index contributed by atoms with van der Waals surface area (Å²) in [4.78, 5) is 66.1. The van der Waals surface area contributed by atoms with Crippen LogP contribution in [0.1, 0.15) is 174 Å². The lowest BCUT2D eigenvalue weighted by atomic mass is 9.94. The van der Waals surface area contributed by atoms with Crippen molar-refractivity contribution < 1.29 is 22.8 Å². The van der Waals surface area contributed by atoms with Crippen LogP contribution in [0.3, 0.4) is 0 Å². The molecule has 0 unspecified atom stereocenters. The molecule has 5 aromatic carbocycles. The minimum absolute atomic E-state index is 0.721. The second kappa shape index (κ2) is 35.8. The monoisotopic (exact) mass is 1660 g/mol. The van der Waals surface area contributed by atoms with E-state index in [9.17, 15) is 0 Å². The average molecular weight is 1660 g/mol. The molecule has 10 heterocycles. The summed E-state index contributed by atoms with van der Waals surface area (Å²) in [5.74, 6) is 1.50. The molecule has 20 nitrogen and oxygen atoms in total. The number of fused-ring (bicyclic) bond motifs is 5. The standard InChI is InChI=1S/C23H24N3.3C21H21N4.C20H20N5/c1-14-6-7-21(24-12-14)18-10-20-22(11-18)25-13-26(5)23(20)19-9-15(2)8-16(3)17(19)4;1-13-7-14(2)15(3)17(8-13)21-18-9-16(20-11-22-5-6-23-20)10-19(18)24-12-25(21)4;1-13-7-14(2)15(3)17(8-13)21-18-9-16(19-5-6-22-11-23-19)10-20(18)24-12-25(21)4;1-13-8-14(2)15(3)17(9-13)20-18-10-16(21-22-6-5-7-23-21)11-19(18)24-12-25(20)4;1-12-5-13(2)14(3)16(6-12)19-17-7-15(20-22-9-21-10-23-20)8-18(17)24-11-25(19)4/h6-9,11-13H,10H2,1-5H3;2*5-8,10-12H,9H2,1-4H3;5-9,11-12H,10H2,1-4H3;5-6,8-11H,7H2,1-4H3/q5*+1. The molecule has 20 heteroatoms. The molecule has 0 N–H and O–H groups in total. The fraction of sp³-hybridized carbons (Fsp3) is 0.245. The normalized spacial score (nSPS) is 12.9. The summed E-state index contributed by atoms with van der Waals surface area (Å²) < 4.78 is 10.7. The molecule has 0 atom stereocenters. The number of aryl methyl sites for hydroxylation is 16. The predicted molar refractivity (Wildman–Crippen MR) is 498 cm³/mol. The maximum Gasteiger partial charge on any atom is 0.287 e. The molecular weight excluding hydrogens is 1550 g/mol. The van der Waals surface area contributed by atoms with E-state index in [2.05, 4.69) is 347 Å². The summed E-state index contributed by atoms with van der Waals surface area (Å²) >= 11 is 0. The molecule has 10 aromatic heterocycles. The Morgan fingerprint density at radius 3 is 0.857 bits per heavy atom. The van der Waals surface area contributed by atoms with Crippen molar-refractivity contribution in [3.05, 3.63) is 353 Å². The second-order valence-electron chi connectivity index (χ2n) is 34.3. The van der Waals surface area contributed by atoms with Crippen LogP contribution < -0.4 is 22.8 Å². The largest absolute Gasteiger partial charge is 0.287 e. The Balaban J connectivity index is 0.000000116. The van der Waals surface area contributed by atoms with Crippen molar-refractivity contribution in [2.45, 2.75) is 143 Å². The molecule has 0 amide bonds. The maximum atomic E-state index is 4.67. The Morgan fingerprint density at radius 1 is 0.238 bits per heavy atom. The maximum absolute atomic E-state index is 4.67. The van der Waals surface area contributed by atoms with Gasteiger partial charge in [-0.05, 0) is 293 Å². The van der Waals surface area contributed by atoms with Crippen molar-refractivity contribution in [1.82, 2.24) is 74.8 Å². The number of hydrogen-bond donors (Lipinski definition) is 0. The first-order valence-electron chi connectivity index (χ1n) is 42.8. The summed E-state index contributed by atoms with van der Waals surface area (Å²) in [6, 6.07) is 30.6. The number of aromatic nitrogens is 20. The van der Waals surface area contributed by atoms with Crippen LogP contribution in [0.2, 0.25) is 0 Å². The van der Waals surface area contributed by atoms with E-state index < -0.39 is 0 Å². The third-order valence-corrected chi connectivity index (χ3v) is 25.0. The molecule has 0 fully saturated rings. The number of allylic oxidation sites excluding steroid dienone is 5. The summed E-state index contributed by atoms with van der Waals surface area (Å²) in [5.41, 5.74) is 53.6. The van der Waals surface area contributed by atoms with Crippen molar-refractivity contribution in [1.29, 1.82) is 0 Å². The third-order valence-electron chi connectivity index (χ3n) is 25.0. The molecule has 0 saturated heterocycles. The Kier molecular flexibility index (Phi) is 24.2. The average Bonchev–Trinajstić information content (AvgIpc) is 1.58. The van der Waals surface area contributed by atoms with E-state index in [0.29, 0.717) is 0 Å². The van der Waals surface area contributed by atoms with E-state index in [-0.39, 0.29) is 0 Å². The highest BCUT2D eigenvalue weighted by atomic mass is 15.0. The minimum Gasteiger partial charge on any atom is -0.261 e. The predicted octanol–water partition coefficient (Wildman–Crippen LogP) is 17.2. The fourth-order valence-corrected chi connectivity index (χ4v) is 18.1. The Hall–Kier alpha value is -14.4. The van der Waals surface area contributed by atoms with E-state index >= 15 is 0 Å². The first-order chi connectivity index (χ1) is 60.6. The van der Waals surface area contributed by atoms with Gasteiger partial charge in [-0.1, -0.05) is 64.2 Å². The van der Waals surface area contributed by atoms with Gasteiger partial charge in [-0.25, -0.2) is 57.7 Å². The van der Waals surface area contributed by atoms with Crippen molar-refractivity contribution in [2.75, 3.05) is 0 Å². The van der Waals surface area contributed by atoms with Crippen LogP contribution in [0.4, 0.5) is 0 Å². The molecular formula is C106H107N20+5. The van der Waals surface area contributed by atoms with E-state index in [1.165, 1.54) is 202 Å². The SMILES string of the molecule is Cc1cc(C)c(C)c(-c2c3c(nc[n+]2C)C=C(c2ccncn2)C3)c1.Cc1cc(C)c(C)c(-c2c3c(nc[n+]2C)C=C(c2cnccn2)C3)c1.Cc1cc(C)c(C)c(-c2c3c(nc[n+]2C)C=C(c2ncccn2)C3)c1.Cc1cc(C)c(C)c(-c2c3c(nc[n+]2C)C=C(c2ncncn2)C3)c1.Cc1ccc(C2=Cc3nc[n+](C)c(-c4cc(C)cc(C)c4C)c3C2)nc1. The summed E-state index contributed by atoms with van der Waals surface area (Å²) in [6.07, 6.45) is 41.6. The van der Waals surface area contributed by atoms with Crippen LogP contribution in [0.15, 0.2) is 179 Å². The van der Waals surface area contributed by atoms with Crippen LogP contribution in [0, 0.1) is 111 Å². The van der Waals surface area contributed by atoms with Gasteiger partial charge >= 0.3 is 0 Å². The van der Waals surface area contributed by atoms with Crippen molar-refractivity contribution >= 4 is 58.2 Å². The molecule has 0 aliphatic heterocycles. The molecule has 0 spiro atoms. The van der Waals surface area contributed by atoms with Crippen LogP contribution in [-0.2, 0) is 67.3 Å². The number of rotatable bonds is 10. The quantitative estimate of drug-likeness (QED) is 0.116. The number of nitrogens with zero attached hydrogens (tertiary/aromatic N) is 20. The van der Waals surface area contributed by atoms with Gasteiger partial charge in [0, 0.05) is 108 Å². The lowest BCUT2D eigenvalue weighted by Gasteiger charge is -2.13. The number of hydrogen-bond acceptors (Lipinski definition) is 15. The first kappa shape index (κ1) is 85.2. The highest BCUT2D eigenvalue weighted by Crippen LogP contribution is 2.43. The lowest BCUT2D eigenvalue weighted by molar-refractivity contribution is -0.664. The molecule has 0 radical (unpaired) electrons. The smallest absolute Gasteiger partial charge is 0.261 e. The van der Waals surface area contributed by atoms with Gasteiger partial charge in [0.25, 0.3) is 31.6 Å². The summed E-state index contributed by atoms with van der Waals surface area (Å²) in [6.45, 7) is 34.7. The number of benzene rings is 5. The van der Waals surface area contributed by atoms with Gasteiger partial charge in [0.15, 0.2) is 40.1 Å². The molecule has 0 saturated carbocycles. The van der Waals surface area contributed by atoms with Gasteiger partial charge in [0.05, 0.1) is 86.3 Å². The van der Waals surface area contributed by atoms with Crippen LogP contribution >= 0.6 is 0 Å². The van der Waals surface area contributed by atoms with E-state index in [0.717, 1.165) is 100 Å². The summed E-state index contributed by atoms with van der Waals surface area (Å²) in [5, 5.41) is 0. The molecule has 5 aliphatic rings. The zero-order valence-corrected chi connectivity index (χ0v) is 76.1. The molecule has 5 aliphatic carbocycles. The van der Waals surface area contributed by atoms with Crippen LogP contribution in [0.5, 0.6) is 0 Å². The van der Waals surface area contributed by atoms with Gasteiger partial charge in [0.1, 0.15) is 47.5 Å². The topological polar surface area (TPSA) is 213 Å². The highest BCUT2D eigenvalue weighted by molar-refractivity contribution is 5.93. The Morgan fingerprint density at radius 2 is 0.548 bits per heavy atom. The van der Waals surface area contributed by atoms with Crippen molar-refractivity contribution in [3.63, 3.8) is 0 Å². The molecule has 20 rings (SSSR count). The van der Waals surface area contributed by atoms with Crippen LogP contribution in [0.25, 0.3) is 115 Å². The van der Waals surface area contributed by atoms with Gasteiger partial charge in [0.2, 0.25) is 0 Å². The third kappa shape index (κ3) is 17.4. The number of pyridine rings is 1. The fourth-order valence-electron chi connectivity index (χ4n) is 18.1. The van der Waals surface area contributed by atoms with Gasteiger partial charge in [-0.15, -0.1) is 0 Å². The Labute approximate surface area is 738 Å². The molecule has 0 bridgehead atoms. The summed E-state index contributed by atoms with van der Waals surface area (Å²) in [7, 11) is 10.3. The van der Waals surface area contributed by atoms with Gasteiger partial charge < -0.3 is 0 Å². The zero-order chi connectivity index (χ0) is 88.6. The highest BCUT2D eigenvalue weighted by Gasteiger charge is 2.35. The first-order valence-corrected chi connectivity index (χ1v) is 42.8. The lowest BCUT2D eigenvalue weighted by Crippen LogP contribution is -2.33. The van der Waals surface area contributed by atoms with E-state index in [4.69, 9.17) is 0 Å². The minimum atomic E-state index is 0.721. The van der Waals surface area contributed by atoms with E-state index in [1.54, 1.807) is 37.3 Å². The Bertz CT molecular complexity index is 6340. The van der Waals surface area contributed by atoms with Gasteiger partial charge in [-0.3, -0.25) is 15.0 Å². The molecule has 626 valence electrons. The second-order valence-corrected chi connectivity index (χ2v) is 34.3. The molecule has 15 aromatic rings. The van der Waals surface area contributed by atoms with Crippen LogP contribution in [-0.4, -0.2) is 74.8 Å².